The zero-order valence-corrected chi connectivity index (χ0v) is 15.4. The monoisotopic (exact) mass is 473 g/mol. The molecule has 9 heteroatoms. The first-order valence-corrected chi connectivity index (χ1v) is 7.49. The van der Waals surface area contributed by atoms with E-state index >= 15 is 0 Å². The predicted molar refractivity (Wildman–Crippen MR) is 81.9 cm³/mol. The van der Waals surface area contributed by atoms with E-state index < -0.39 is 11.9 Å². The van der Waals surface area contributed by atoms with Gasteiger partial charge < -0.3 is 14.3 Å². The summed E-state index contributed by atoms with van der Waals surface area (Å²) in [6.07, 6.45) is 0. The Bertz CT molecular complexity index is 530. The summed E-state index contributed by atoms with van der Waals surface area (Å²) in [6.45, 7) is 1.22. The van der Waals surface area contributed by atoms with E-state index in [-0.39, 0.29) is 5.56 Å². The predicted octanol–water partition coefficient (Wildman–Crippen LogP) is 3.20. The van der Waals surface area contributed by atoms with Gasteiger partial charge in [-0.25, -0.2) is 4.79 Å². The molecule has 1 N–H and O–H groups in total. The van der Waals surface area contributed by atoms with Gasteiger partial charge in [-0.1, -0.05) is 0 Å². The number of amides is 1. The van der Waals surface area contributed by atoms with Crippen LogP contribution in [0.15, 0.2) is 13.4 Å². The molecule has 0 unspecified atom stereocenters. The minimum absolute atomic E-state index is 0.121. The van der Waals surface area contributed by atoms with Gasteiger partial charge >= 0.3 is 5.97 Å². The normalized spacial score (nSPS) is 9.90. The molecule has 0 spiro atoms. The van der Waals surface area contributed by atoms with Crippen molar-refractivity contribution in [3.8, 4) is 11.5 Å². The fourth-order valence-corrected chi connectivity index (χ4v) is 4.28. The number of benzene rings is 1. The van der Waals surface area contributed by atoms with Crippen molar-refractivity contribution in [1.82, 2.24) is 5.48 Å². The van der Waals surface area contributed by atoms with Crippen molar-refractivity contribution in [2.45, 2.75) is 6.92 Å². The van der Waals surface area contributed by atoms with E-state index in [0.29, 0.717) is 24.9 Å². The second-order valence-electron chi connectivity index (χ2n) is 3.43. The third kappa shape index (κ3) is 3.44. The summed E-state index contributed by atoms with van der Waals surface area (Å²) in [5.41, 5.74) is 2.09. The second-order valence-corrected chi connectivity index (χ2v) is 5.81. The van der Waals surface area contributed by atoms with E-state index in [2.05, 4.69) is 52.6 Å². The molecule has 1 aromatic carbocycles. The number of hydrogen-bond acceptors (Lipinski definition) is 5. The van der Waals surface area contributed by atoms with Crippen LogP contribution in [0.5, 0.6) is 11.5 Å². The van der Waals surface area contributed by atoms with Crippen LogP contribution in [-0.2, 0) is 9.63 Å². The molecule has 0 heterocycles. The number of carbonyl (C=O) groups excluding carboxylic acids is 2. The number of hydroxylamine groups is 1. The Morgan fingerprint density at radius 1 is 0.950 bits per heavy atom. The van der Waals surface area contributed by atoms with Crippen LogP contribution in [-0.4, -0.2) is 26.1 Å². The molecule has 0 aliphatic rings. The van der Waals surface area contributed by atoms with Crippen molar-refractivity contribution in [2.75, 3.05) is 14.2 Å². The summed E-state index contributed by atoms with van der Waals surface area (Å²) in [4.78, 5) is 27.5. The molecule has 1 aromatic rings. The summed E-state index contributed by atoms with van der Waals surface area (Å²) in [7, 11) is 2.89. The van der Waals surface area contributed by atoms with Gasteiger partial charge in [-0.15, -0.1) is 0 Å². The van der Waals surface area contributed by atoms with Crippen molar-refractivity contribution < 1.29 is 23.9 Å². The van der Waals surface area contributed by atoms with Gasteiger partial charge in [0.15, 0.2) is 11.5 Å². The van der Waals surface area contributed by atoms with E-state index in [1.54, 1.807) is 0 Å². The summed E-state index contributed by atoms with van der Waals surface area (Å²) in [6, 6.07) is 0. The van der Waals surface area contributed by atoms with Gasteiger partial charge in [0.1, 0.15) is 4.47 Å². The van der Waals surface area contributed by atoms with E-state index in [9.17, 15) is 9.59 Å². The number of carbonyl (C=O) groups is 2. The Labute approximate surface area is 140 Å². The average molecular weight is 476 g/mol. The van der Waals surface area contributed by atoms with E-state index in [0.717, 1.165) is 0 Å². The number of ether oxygens (including phenoxy) is 2. The number of halogens is 3. The van der Waals surface area contributed by atoms with Crippen LogP contribution in [0.25, 0.3) is 0 Å². The molecule has 20 heavy (non-hydrogen) atoms. The van der Waals surface area contributed by atoms with Gasteiger partial charge in [-0.3, -0.25) is 4.79 Å². The van der Waals surface area contributed by atoms with Crippen LogP contribution in [0.2, 0.25) is 0 Å². The summed E-state index contributed by atoms with van der Waals surface area (Å²) >= 11 is 9.84. The zero-order chi connectivity index (χ0) is 15.4. The number of nitrogens with one attached hydrogen (secondary N) is 1. The molecule has 0 saturated carbocycles. The lowest BCUT2D eigenvalue weighted by atomic mass is 10.2. The van der Waals surface area contributed by atoms with Crippen molar-refractivity contribution in [2.24, 2.45) is 0 Å². The van der Waals surface area contributed by atoms with Crippen LogP contribution >= 0.6 is 47.8 Å². The van der Waals surface area contributed by atoms with Crippen molar-refractivity contribution in [1.29, 1.82) is 0 Å². The molecule has 0 saturated heterocycles. The first kappa shape index (κ1) is 17.3. The van der Waals surface area contributed by atoms with Crippen LogP contribution < -0.4 is 15.0 Å². The lowest BCUT2D eigenvalue weighted by molar-refractivity contribution is -0.127. The van der Waals surface area contributed by atoms with E-state index in [1.165, 1.54) is 21.1 Å². The fraction of sp³-hybridized carbons (Fsp3) is 0.273. The lowest BCUT2D eigenvalue weighted by Gasteiger charge is -2.16. The maximum Gasteiger partial charge on any atom is 0.365 e. The highest BCUT2D eigenvalue weighted by molar-refractivity contribution is 9.11. The quantitative estimate of drug-likeness (QED) is 0.680. The van der Waals surface area contributed by atoms with Crippen molar-refractivity contribution >= 4 is 59.7 Å². The first-order chi connectivity index (χ1) is 9.34. The lowest BCUT2D eigenvalue weighted by Crippen LogP contribution is -2.25. The molecule has 6 nitrogen and oxygen atoms in total. The highest BCUT2D eigenvalue weighted by atomic mass is 79.9. The van der Waals surface area contributed by atoms with Gasteiger partial charge in [0.05, 0.1) is 28.7 Å². The van der Waals surface area contributed by atoms with Crippen LogP contribution in [0.3, 0.4) is 0 Å². The number of rotatable bonds is 3. The van der Waals surface area contributed by atoms with Gasteiger partial charge in [0, 0.05) is 6.92 Å². The Kier molecular flexibility index (Phi) is 6.28. The maximum atomic E-state index is 12.0. The third-order valence-corrected chi connectivity index (χ3v) is 4.37. The Morgan fingerprint density at radius 2 is 1.40 bits per heavy atom. The molecule has 1 rings (SSSR count). The largest absolute Gasteiger partial charge is 0.494 e. The molecule has 0 bridgehead atoms. The first-order valence-electron chi connectivity index (χ1n) is 5.11. The number of methoxy groups -OCH3 is 2. The van der Waals surface area contributed by atoms with Crippen molar-refractivity contribution in [3.05, 3.63) is 19.0 Å². The third-order valence-electron chi connectivity index (χ3n) is 2.14. The summed E-state index contributed by atoms with van der Waals surface area (Å²) in [5.74, 6) is -0.552. The summed E-state index contributed by atoms with van der Waals surface area (Å²) in [5, 5.41) is 0. The van der Waals surface area contributed by atoms with Gasteiger partial charge in [0.2, 0.25) is 5.91 Å². The second kappa shape index (κ2) is 7.28. The molecule has 0 radical (unpaired) electrons. The molecule has 0 aromatic heterocycles. The molecule has 0 aliphatic heterocycles. The Hall–Kier alpha value is -0.800. The fourth-order valence-electron chi connectivity index (χ4n) is 1.33. The van der Waals surface area contributed by atoms with E-state index in [4.69, 9.17) is 9.47 Å². The Balaban J connectivity index is 3.38. The van der Waals surface area contributed by atoms with Crippen LogP contribution in [0.1, 0.15) is 17.3 Å². The molecule has 0 atom stereocenters. The molecular weight excluding hydrogens is 466 g/mol. The van der Waals surface area contributed by atoms with Gasteiger partial charge in [-0.05, 0) is 47.8 Å². The topological polar surface area (TPSA) is 73.9 Å². The smallest absolute Gasteiger partial charge is 0.365 e. The molecule has 0 fully saturated rings. The van der Waals surface area contributed by atoms with Crippen LogP contribution in [0.4, 0.5) is 0 Å². The van der Waals surface area contributed by atoms with Crippen LogP contribution in [0, 0.1) is 0 Å². The Morgan fingerprint density at radius 3 is 1.75 bits per heavy atom. The van der Waals surface area contributed by atoms with Gasteiger partial charge in [0.25, 0.3) is 0 Å². The molecular formula is C11H10Br3NO5. The number of hydrogen-bond donors (Lipinski definition) is 1. The minimum Gasteiger partial charge on any atom is -0.494 e. The molecule has 110 valence electrons. The molecule has 0 aliphatic carbocycles. The highest BCUT2D eigenvalue weighted by Crippen LogP contribution is 2.48. The SMILES string of the molecule is COc1c(Br)c(OC)c(Br)c(C(=O)ONC(C)=O)c1Br. The van der Waals surface area contributed by atoms with Gasteiger partial charge in [-0.2, -0.15) is 5.48 Å². The van der Waals surface area contributed by atoms with E-state index in [1.807, 2.05) is 5.48 Å². The minimum atomic E-state index is -0.775. The average Bonchev–Trinajstić information content (AvgIpc) is 2.37. The van der Waals surface area contributed by atoms with Crippen molar-refractivity contribution in [3.63, 3.8) is 0 Å². The highest BCUT2D eigenvalue weighted by Gasteiger charge is 2.27. The maximum absolute atomic E-state index is 12.0. The summed E-state index contributed by atoms with van der Waals surface area (Å²) < 4.78 is 11.6. The zero-order valence-electron chi connectivity index (χ0n) is 10.7. The molecule has 1 amide bonds. The standard InChI is InChI=1S/C11H10Br3NO5/c1-4(16)15-20-11(17)5-6(12)9(18-2)8(14)10(19-3)7(5)13/h1-3H3,(H,15,16).